The third-order valence-electron chi connectivity index (χ3n) is 6.47. The van der Waals surface area contributed by atoms with Crippen molar-refractivity contribution in [3.05, 3.63) is 54.7 Å². The summed E-state index contributed by atoms with van der Waals surface area (Å²) in [6, 6.07) is 6.55. The van der Waals surface area contributed by atoms with Gasteiger partial charge in [-0.25, -0.2) is 9.97 Å². The number of aromatic nitrogens is 5. The molecule has 6 heterocycles. The predicted octanol–water partition coefficient (Wildman–Crippen LogP) is 2.89. The van der Waals surface area contributed by atoms with E-state index < -0.39 is 0 Å². The molecule has 2 aliphatic rings. The molecule has 0 aromatic carbocycles. The maximum absolute atomic E-state index is 9.24. The van der Waals surface area contributed by atoms with Crippen LogP contribution in [0.2, 0.25) is 0 Å². The molecule has 5 N–H and O–H groups in total. The third kappa shape index (κ3) is 5.40. The third-order valence-corrected chi connectivity index (χ3v) is 6.47. The number of aliphatic hydroxyl groups is 1. The van der Waals surface area contributed by atoms with Gasteiger partial charge >= 0.3 is 0 Å². The average molecular weight is 475 g/mol. The molecule has 2 fully saturated rings. The quantitative estimate of drug-likeness (QED) is 0.352. The Bertz CT molecular complexity index is 1270. The van der Waals surface area contributed by atoms with E-state index in [0.29, 0.717) is 17.7 Å². The highest BCUT2D eigenvalue weighted by Gasteiger charge is 2.28. The summed E-state index contributed by atoms with van der Waals surface area (Å²) in [6.07, 6.45) is 10.6. The second-order valence-corrected chi connectivity index (χ2v) is 8.94. The van der Waals surface area contributed by atoms with Gasteiger partial charge in [0.2, 0.25) is 0 Å². The minimum atomic E-state index is -0.0488. The minimum Gasteiger partial charge on any atom is -0.393 e. The van der Waals surface area contributed by atoms with Crippen LogP contribution in [0.5, 0.6) is 0 Å². The van der Waals surface area contributed by atoms with E-state index in [1.165, 1.54) is 0 Å². The number of H-pyrrole nitrogens is 1. The monoisotopic (exact) mass is 474 g/mol. The Balaban J connectivity index is 0.000000192. The summed E-state index contributed by atoms with van der Waals surface area (Å²) in [5.41, 5.74) is 9.83. The van der Waals surface area contributed by atoms with Crippen LogP contribution in [0.15, 0.2) is 49.2 Å². The molecule has 0 bridgehead atoms. The molecule has 2 saturated heterocycles. The van der Waals surface area contributed by atoms with Gasteiger partial charge in [-0.3, -0.25) is 15.0 Å². The van der Waals surface area contributed by atoms with Gasteiger partial charge in [-0.1, -0.05) is 0 Å². The van der Waals surface area contributed by atoms with Crippen LogP contribution in [0.3, 0.4) is 0 Å². The zero-order valence-electron chi connectivity index (χ0n) is 19.7. The first-order valence-corrected chi connectivity index (χ1v) is 11.8. The van der Waals surface area contributed by atoms with E-state index in [1.807, 2.05) is 25.1 Å². The van der Waals surface area contributed by atoms with E-state index >= 15 is 0 Å². The fourth-order valence-corrected chi connectivity index (χ4v) is 4.26. The number of nitrogens with two attached hydrogens (primary N) is 1. The number of fused-ring (bicyclic) bond motifs is 1. The number of rotatable bonds is 4. The van der Waals surface area contributed by atoms with Crippen molar-refractivity contribution in [2.75, 3.05) is 37.4 Å². The highest BCUT2D eigenvalue weighted by Crippen LogP contribution is 2.29. The fraction of sp³-hybridized carbons (Fsp3) is 0.360. The Labute approximate surface area is 203 Å². The average Bonchev–Trinajstić information content (AvgIpc) is 3.33. The number of hydrogen-bond acceptors (Lipinski definition) is 9. The van der Waals surface area contributed by atoms with Gasteiger partial charge in [0.25, 0.3) is 0 Å². The lowest BCUT2D eigenvalue weighted by Crippen LogP contribution is -2.52. The number of aryl methyl sites for hydroxylation is 1. The fourth-order valence-electron chi connectivity index (χ4n) is 4.26. The van der Waals surface area contributed by atoms with Gasteiger partial charge in [0.05, 0.1) is 42.9 Å². The Morgan fingerprint density at radius 3 is 2.69 bits per heavy atom. The van der Waals surface area contributed by atoms with Crippen molar-refractivity contribution < 1.29 is 9.84 Å². The molecule has 0 saturated carbocycles. The largest absolute Gasteiger partial charge is 0.393 e. The molecule has 6 rings (SSSR count). The lowest BCUT2D eigenvalue weighted by molar-refractivity contribution is -0.0795. The molecular weight excluding hydrogens is 444 g/mol. The number of nitrogen functional groups attached to an aromatic ring is 1. The first-order chi connectivity index (χ1) is 17.1. The van der Waals surface area contributed by atoms with E-state index in [4.69, 9.17) is 10.5 Å². The normalized spacial score (nSPS) is 17.0. The van der Waals surface area contributed by atoms with Crippen molar-refractivity contribution in [1.82, 2.24) is 30.0 Å². The maximum Gasteiger partial charge on any atom is 0.133 e. The van der Waals surface area contributed by atoms with Crippen LogP contribution in [0.1, 0.15) is 18.4 Å². The molecule has 0 amide bonds. The Hall–Kier alpha value is -3.60. The zero-order valence-corrected chi connectivity index (χ0v) is 19.7. The van der Waals surface area contributed by atoms with Gasteiger partial charge < -0.3 is 20.9 Å². The Morgan fingerprint density at radius 2 is 2.00 bits per heavy atom. The van der Waals surface area contributed by atoms with Crippen LogP contribution in [-0.2, 0) is 4.74 Å². The number of anilines is 3. The number of nitrogens with zero attached hydrogens (tertiary/aromatic N) is 5. The summed E-state index contributed by atoms with van der Waals surface area (Å²) < 4.78 is 5.11. The van der Waals surface area contributed by atoms with Crippen molar-refractivity contribution in [1.29, 1.82) is 0 Å². The first-order valence-electron chi connectivity index (χ1n) is 11.8. The smallest absolute Gasteiger partial charge is 0.133 e. The number of ether oxygens (including phenoxy) is 1. The SMILES string of the molecule is Cc1ccncc1-c1cc2cc(Nc3cn[nH]c3)ncc2c(N)n1.OC1CCN(C2COC2)CC1. The molecule has 10 nitrogen and oxygen atoms in total. The van der Waals surface area contributed by atoms with Crippen LogP contribution >= 0.6 is 0 Å². The second-order valence-electron chi connectivity index (χ2n) is 8.94. The zero-order chi connectivity index (χ0) is 24.2. The predicted molar refractivity (Wildman–Crippen MR) is 135 cm³/mol. The molecule has 0 aliphatic carbocycles. The maximum atomic E-state index is 9.24. The highest BCUT2D eigenvalue weighted by molar-refractivity contribution is 5.94. The molecule has 0 atom stereocenters. The lowest BCUT2D eigenvalue weighted by atomic mass is 10.1. The number of aliphatic hydroxyl groups excluding tert-OH is 1. The molecule has 4 aromatic rings. The summed E-state index contributed by atoms with van der Waals surface area (Å²) in [5.74, 6) is 1.16. The van der Waals surface area contributed by atoms with Crippen LogP contribution in [-0.4, -0.2) is 73.6 Å². The number of pyridine rings is 3. The number of likely N-dealkylation sites (tertiary alicyclic amines) is 1. The van der Waals surface area contributed by atoms with Crippen molar-refractivity contribution in [2.45, 2.75) is 31.9 Å². The van der Waals surface area contributed by atoms with Crippen molar-refractivity contribution in [2.24, 2.45) is 0 Å². The van der Waals surface area contributed by atoms with Gasteiger partial charge in [0, 0.05) is 48.8 Å². The lowest BCUT2D eigenvalue weighted by Gasteiger charge is -2.40. The van der Waals surface area contributed by atoms with E-state index in [2.05, 4.69) is 35.4 Å². The highest BCUT2D eigenvalue weighted by atomic mass is 16.5. The molecule has 0 radical (unpaired) electrons. The van der Waals surface area contributed by atoms with Crippen molar-refractivity contribution in [3.8, 4) is 11.3 Å². The molecule has 2 aliphatic heterocycles. The molecule has 4 aromatic heterocycles. The van der Waals surface area contributed by atoms with Gasteiger partial charge in [-0.05, 0) is 48.9 Å². The molecule has 0 spiro atoms. The summed E-state index contributed by atoms with van der Waals surface area (Å²) >= 11 is 0. The summed E-state index contributed by atoms with van der Waals surface area (Å²) in [4.78, 5) is 15.5. The first kappa shape index (κ1) is 23.2. The summed E-state index contributed by atoms with van der Waals surface area (Å²) in [7, 11) is 0. The van der Waals surface area contributed by atoms with Crippen molar-refractivity contribution in [3.63, 3.8) is 0 Å². The van der Waals surface area contributed by atoms with Crippen LogP contribution in [0.4, 0.5) is 17.3 Å². The molecule has 0 unspecified atom stereocenters. The van der Waals surface area contributed by atoms with Crippen LogP contribution in [0, 0.1) is 6.92 Å². The Kier molecular flexibility index (Phi) is 6.84. The second kappa shape index (κ2) is 10.3. The number of hydrogen-bond donors (Lipinski definition) is 4. The number of aromatic amines is 1. The van der Waals surface area contributed by atoms with Gasteiger partial charge in [-0.15, -0.1) is 0 Å². The van der Waals surface area contributed by atoms with Crippen LogP contribution in [0.25, 0.3) is 22.0 Å². The minimum absolute atomic E-state index is 0.0488. The number of nitrogens with one attached hydrogen (secondary N) is 2. The van der Waals surface area contributed by atoms with Crippen molar-refractivity contribution >= 4 is 28.1 Å². The summed E-state index contributed by atoms with van der Waals surface area (Å²) in [5, 5.41) is 20.9. The Morgan fingerprint density at radius 1 is 1.17 bits per heavy atom. The van der Waals surface area contributed by atoms with E-state index in [0.717, 1.165) is 72.4 Å². The van der Waals surface area contributed by atoms with Gasteiger partial charge in [0.15, 0.2) is 0 Å². The molecule has 35 heavy (non-hydrogen) atoms. The molecule has 10 heteroatoms. The van der Waals surface area contributed by atoms with Crippen LogP contribution < -0.4 is 11.1 Å². The van der Waals surface area contributed by atoms with Gasteiger partial charge in [0.1, 0.15) is 11.6 Å². The van der Waals surface area contributed by atoms with E-state index in [9.17, 15) is 5.11 Å². The number of piperidine rings is 1. The van der Waals surface area contributed by atoms with Gasteiger partial charge in [-0.2, -0.15) is 5.10 Å². The standard InChI is InChI=1S/C17H15N7.C8H15NO2/c1-10-2-3-19-8-13(10)15-4-11-5-16(23-12-6-21-22-7-12)20-9-14(11)17(18)24-15;10-8-1-3-9(4-2-8)7-5-11-6-7/h2-9H,1H3,(H2,18,24)(H,20,23)(H,21,22);7-8,10H,1-6H2. The summed E-state index contributed by atoms with van der Waals surface area (Å²) in [6.45, 7) is 5.92. The topological polar surface area (TPSA) is 138 Å². The van der Waals surface area contributed by atoms with E-state index in [-0.39, 0.29) is 6.10 Å². The van der Waals surface area contributed by atoms with E-state index in [1.54, 1.807) is 31.0 Å². The molecular formula is C25H30N8O2. The molecule has 182 valence electrons.